The molecular formula is C7H13N3S. The molecule has 0 aliphatic heterocycles. The average Bonchev–Trinajstić information content (AvgIpc) is 2.02. The van der Waals surface area contributed by atoms with Crippen LogP contribution in [-0.4, -0.2) is 23.6 Å². The Hall–Kier alpha value is -0.640. The van der Waals surface area contributed by atoms with Gasteiger partial charge in [0, 0.05) is 13.5 Å². The van der Waals surface area contributed by atoms with Crippen molar-refractivity contribution in [2.75, 3.05) is 7.05 Å². The van der Waals surface area contributed by atoms with Crippen LogP contribution in [0.1, 0.15) is 20.3 Å². The minimum absolute atomic E-state index is 0.331. The van der Waals surface area contributed by atoms with Gasteiger partial charge in [-0.05, 0) is 6.92 Å². The van der Waals surface area contributed by atoms with Crippen molar-refractivity contribution in [2.24, 2.45) is 9.98 Å². The van der Waals surface area contributed by atoms with Crippen LogP contribution in [0.2, 0.25) is 0 Å². The first-order chi connectivity index (χ1) is 5.11. The molecule has 62 valence electrons. The van der Waals surface area contributed by atoms with E-state index in [1.807, 2.05) is 13.8 Å². The van der Waals surface area contributed by atoms with E-state index in [-0.39, 0.29) is 0 Å². The summed E-state index contributed by atoms with van der Waals surface area (Å²) < 4.78 is 0. The number of thiol groups is 1. The van der Waals surface area contributed by atoms with Crippen LogP contribution in [0.15, 0.2) is 9.98 Å². The molecule has 0 aliphatic carbocycles. The molecule has 0 saturated carbocycles. The van der Waals surface area contributed by atoms with E-state index in [2.05, 4.69) is 22.6 Å². The lowest BCUT2D eigenvalue weighted by molar-refractivity contribution is 1.21. The number of hydrogen-bond donors (Lipinski definition) is 2. The fourth-order valence-corrected chi connectivity index (χ4v) is 0.609. The summed E-state index contributed by atoms with van der Waals surface area (Å²) in [6.07, 6.45) is 0.626. The number of rotatable bonds is 2. The van der Waals surface area contributed by atoms with E-state index in [1.54, 1.807) is 7.05 Å². The number of aliphatic imine (C=N–C) groups is 2. The van der Waals surface area contributed by atoms with E-state index in [1.165, 1.54) is 0 Å². The van der Waals surface area contributed by atoms with Crippen molar-refractivity contribution < 1.29 is 0 Å². The molecular weight excluding hydrogens is 158 g/mol. The molecule has 0 amide bonds. The largest absolute Gasteiger partial charge is 0.291 e. The first kappa shape index (κ1) is 10.4. The molecule has 0 aromatic rings. The molecule has 0 heterocycles. The lowest BCUT2D eigenvalue weighted by Crippen LogP contribution is -2.05. The van der Waals surface area contributed by atoms with Gasteiger partial charge >= 0.3 is 0 Å². The second kappa shape index (κ2) is 5.07. The Bertz CT molecular complexity index is 206. The van der Waals surface area contributed by atoms with Gasteiger partial charge in [-0.3, -0.25) is 10.4 Å². The second-order valence-corrected chi connectivity index (χ2v) is 2.47. The Balaban J connectivity index is 4.34. The molecule has 0 aromatic heterocycles. The number of hydrogen-bond acceptors (Lipinski definition) is 2. The van der Waals surface area contributed by atoms with E-state index in [0.717, 1.165) is 5.71 Å². The van der Waals surface area contributed by atoms with Crippen molar-refractivity contribution in [3.05, 3.63) is 0 Å². The van der Waals surface area contributed by atoms with Crippen LogP contribution in [0.5, 0.6) is 0 Å². The quantitative estimate of drug-likeness (QED) is 0.361. The molecule has 0 atom stereocenters. The highest BCUT2D eigenvalue weighted by atomic mass is 32.1. The molecule has 0 rings (SSSR count). The van der Waals surface area contributed by atoms with E-state index < -0.39 is 0 Å². The molecule has 0 radical (unpaired) electrons. The zero-order valence-electron chi connectivity index (χ0n) is 7.05. The lowest BCUT2D eigenvalue weighted by Gasteiger charge is -1.96. The Morgan fingerprint density at radius 1 is 1.55 bits per heavy atom. The highest BCUT2D eigenvalue weighted by Gasteiger charge is 1.96. The van der Waals surface area contributed by atoms with Crippen LogP contribution in [0.25, 0.3) is 0 Å². The van der Waals surface area contributed by atoms with Crippen LogP contribution in [0, 0.1) is 5.41 Å². The summed E-state index contributed by atoms with van der Waals surface area (Å²) >= 11 is 4.08. The predicted octanol–water partition coefficient (Wildman–Crippen LogP) is 1.79. The number of nitrogens with zero attached hydrogens (tertiary/aromatic N) is 2. The van der Waals surface area contributed by atoms with Crippen molar-refractivity contribution in [1.82, 2.24) is 0 Å². The van der Waals surface area contributed by atoms with Crippen LogP contribution in [0.4, 0.5) is 0 Å². The summed E-state index contributed by atoms with van der Waals surface area (Å²) in [5.74, 6) is 0.331. The third-order valence-corrected chi connectivity index (χ3v) is 1.66. The van der Waals surface area contributed by atoms with Gasteiger partial charge in [0.2, 0.25) is 0 Å². The summed E-state index contributed by atoms with van der Waals surface area (Å²) in [6, 6.07) is 0. The Labute approximate surface area is 72.6 Å². The Morgan fingerprint density at radius 3 is 2.45 bits per heavy atom. The van der Waals surface area contributed by atoms with Gasteiger partial charge in [0.05, 0.1) is 5.71 Å². The number of nitrogens with one attached hydrogen (secondary N) is 1. The smallest absolute Gasteiger partial charge is 0.121 e. The van der Waals surface area contributed by atoms with E-state index in [0.29, 0.717) is 17.3 Å². The fraction of sp³-hybridized carbons (Fsp3) is 0.571. The monoisotopic (exact) mass is 171 g/mol. The van der Waals surface area contributed by atoms with Gasteiger partial charge in [-0.25, -0.2) is 4.99 Å². The Kier molecular flexibility index (Phi) is 4.77. The van der Waals surface area contributed by atoms with Crippen LogP contribution in [0.3, 0.4) is 0 Å². The SMILES string of the molecule is CCC(=N)/N=C(S)/C(C)=N/C. The molecule has 0 aliphatic rings. The number of amidine groups is 1. The standard InChI is InChI=1S/C7H13N3S/c1-4-6(8)10-7(11)5(2)9-3/h4H2,1-3H3,(H2,8,10,11)/b9-5+. The van der Waals surface area contributed by atoms with Crippen molar-refractivity contribution in [2.45, 2.75) is 20.3 Å². The lowest BCUT2D eigenvalue weighted by atomic mass is 10.4. The van der Waals surface area contributed by atoms with Gasteiger partial charge < -0.3 is 0 Å². The first-order valence-corrected chi connectivity index (χ1v) is 3.85. The maximum Gasteiger partial charge on any atom is 0.121 e. The van der Waals surface area contributed by atoms with E-state index in [4.69, 9.17) is 5.41 Å². The molecule has 0 bridgehead atoms. The maximum atomic E-state index is 7.24. The van der Waals surface area contributed by atoms with Gasteiger partial charge in [-0.1, -0.05) is 6.92 Å². The van der Waals surface area contributed by atoms with Gasteiger partial charge in [-0.2, -0.15) is 0 Å². The van der Waals surface area contributed by atoms with Gasteiger partial charge in [0.1, 0.15) is 10.9 Å². The normalized spacial score (nSPS) is 13.5. The molecule has 0 fully saturated rings. The topological polar surface area (TPSA) is 48.6 Å². The molecule has 1 N–H and O–H groups in total. The minimum Gasteiger partial charge on any atom is -0.291 e. The fourth-order valence-electron chi connectivity index (χ4n) is 0.388. The van der Waals surface area contributed by atoms with Crippen molar-refractivity contribution in [1.29, 1.82) is 5.41 Å². The van der Waals surface area contributed by atoms with Crippen LogP contribution >= 0.6 is 12.6 Å². The first-order valence-electron chi connectivity index (χ1n) is 3.40. The summed E-state index contributed by atoms with van der Waals surface area (Å²) in [5.41, 5.74) is 0.756. The summed E-state index contributed by atoms with van der Waals surface area (Å²) in [5, 5.41) is 7.77. The highest BCUT2D eigenvalue weighted by Crippen LogP contribution is 1.93. The molecule has 11 heavy (non-hydrogen) atoms. The highest BCUT2D eigenvalue weighted by molar-refractivity contribution is 7.99. The van der Waals surface area contributed by atoms with Gasteiger partial charge in [0.15, 0.2) is 0 Å². The molecule has 4 heteroatoms. The molecule has 0 aromatic carbocycles. The summed E-state index contributed by atoms with van der Waals surface area (Å²) in [7, 11) is 1.68. The Morgan fingerprint density at radius 2 is 2.09 bits per heavy atom. The minimum atomic E-state index is 0.331. The molecule has 0 spiro atoms. The molecule has 3 nitrogen and oxygen atoms in total. The molecule has 0 unspecified atom stereocenters. The maximum absolute atomic E-state index is 7.24. The molecule has 0 saturated heterocycles. The third-order valence-electron chi connectivity index (χ3n) is 1.23. The summed E-state index contributed by atoms with van der Waals surface area (Å²) in [6.45, 7) is 3.69. The third kappa shape index (κ3) is 3.93. The average molecular weight is 171 g/mol. The van der Waals surface area contributed by atoms with Crippen molar-refractivity contribution >= 4 is 29.2 Å². The second-order valence-electron chi connectivity index (χ2n) is 2.04. The zero-order valence-corrected chi connectivity index (χ0v) is 7.94. The predicted molar refractivity (Wildman–Crippen MR) is 53.5 cm³/mol. The van der Waals surface area contributed by atoms with E-state index in [9.17, 15) is 0 Å². The van der Waals surface area contributed by atoms with Gasteiger partial charge in [0.25, 0.3) is 0 Å². The van der Waals surface area contributed by atoms with Crippen molar-refractivity contribution in [3.8, 4) is 0 Å². The van der Waals surface area contributed by atoms with Crippen LogP contribution in [-0.2, 0) is 0 Å². The zero-order chi connectivity index (χ0) is 8.85. The van der Waals surface area contributed by atoms with E-state index >= 15 is 0 Å². The van der Waals surface area contributed by atoms with Crippen molar-refractivity contribution in [3.63, 3.8) is 0 Å². The summed E-state index contributed by atoms with van der Waals surface area (Å²) in [4.78, 5) is 7.79. The van der Waals surface area contributed by atoms with Gasteiger partial charge in [-0.15, -0.1) is 12.6 Å². The van der Waals surface area contributed by atoms with Crippen LogP contribution < -0.4 is 0 Å².